The van der Waals surface area contributed by atoms with Gasteiger partial charge in [-0.15, -0.1) is 0 Å². The van der Waals surface area contributed by atoms with Gasteiger partial charge in [0.15, 0.2) is 0 Å². The predicted molar refractivity (Wildman–Crippen MR) is 139 cm³/mol. The second-order valence-corrected chi connectivity index (χ2v) is 8.73. The molecule has 0 unspecified atom stereocenters. The fourth-order valence-electron chi connectivity index (χ4n) is 4.23. The van der Waals surface area contributed by atoms with E-state index >= 15 is 0 Å². The number of ether oxygens (including phenoxy) is 4. The lowest BCUT2D eigenvalue weighted by Gasteiger charge is -2.26. The maximum atomic E-state index is 5.94. The van der Waals surface area contributed by atoms with Crippen LogP contribution in [0.25, 0.3) is 0 Å². The number of hydrogen-bond donors (Lipinski definition) is 0. The molecule has 0 saturated carbocycles. The van der Waals surface area contributed by atoms with Crippen LogP contribution in [0.2, 0.25) is 0 Å². The Hall–Kier alpha value is -3.06. The van der Waals surface area contributed by atoms with Crippen molar-refractivity contribution < 1.29 is 18.9 Å². The molecule has 6 nitrogen and oxygen atoms in total. The van der Waals surface area contributed by atoms with Gasteiger partial charge >= 0.3 is 0 Å². The van der Waals surface area contributed by atoms with Gasteiger partial charge in [0.25, 0.3) is 0 Å². The van der Waals surface area contributed by atoms with E-state index in [1.165, 1.54) is 16.7 Å². The number of anilines is 1. The van der Waals surface area contributed by atoms with Crippen LogP contribution in [0.1, 0.15) is 16.7 Å². The average Bonchev–Trinajstić information content (AvgIpc) is 2.92. The third kappa shape index (κ3) is 7.72. The van der Waals surface area contributed by atoms with E-state index in [2.05, 4.69) is 58.3 Å². The molecule has 1 fully saturated rings. The summed E-state index contributed by atoms with van der Waals surface area (Å²) in [6.45, 7) is 7.48. The largest absolute Gasteiger partial charge is 0.497 e. The number of benzene rings is 3. The molecule has 1 aliphatic heterocycles. The average molecular weight is 477 g/mol. The molecule has 0 aromatic heterocycles. The lowest BCUT2D eigenvalue weighted by Crippen LogP contribution is -2.38. The lowest BCUT2D eigenvalue weighted by molar-refractivity contribution is 0.0180. The third-order valence-corrected chi connectivity index (χ3v) is 6.24. The molecule has 3 aromatic rings. The van der Waals surface area contributed by atoms with Gasteiger partial charge in [0, 0.05) is 38.4 Å². The smallest absolute Gasteiger partial charge is 0.119 e. The van der Waals surface area contributed by atoms with Crippen LogP contribution in [-0.4, -0.2) is 58.6 Å². The Morgan fingerprint density at radius 2 is 1.37 bits per heavy atom. The van der Waals surface area contributed by atoms with E-state index in [1.54, 1.807) is 14.2 Å². The third-order valence-electron chi connectivity index (χ3n) is 6.24. The van der Waals surface area contributed by atoms with Gasteiger partial charge in [0.05, 0.1) is 40.6 Å². The Balaban J connectivity index is 1.41. The Morgan fingerprint density at radius 3 is 1.94 bits per heavy atom. The van der Waals surface area contributed by atoms with Crippen molar-refractivity contribution in [1.29, 1.82) is 0 Å². The number of rotatable bonds is 12. The van der Waals surface area contributed by atoms with Gasteiger partial charge in [0.1, 0.15) is 11.5 Å². The van der Waals surface area contributed by atoms with Crippen molar-refractivity contribution in [2.24, 2.45) is 0 Å². The second-order valence-electron chi connectivity index (χ2n) is 8.73. The topological polar surface area (TPSA) is 43.4 Å². The standard InChI is InChI=1S/C29H36N2O4/c1-32-28-7-3-5-25(19-28)21-31(22-26-6-4-8-29(20-26)33-2)27-11-9-24(10-12-27)23-35-18-15-30-13-16-34-17-14-30/h3-12,19-20H,13-18,21-23H2,1-2H3. The van der Waals surface area contributed by atoms with E-state index < -0.39 is 0 Å². The molecule has 0 bridgehead atoms. The zero-order chi connectivity index (χ0) is 24.3. The SMILES string of the molecule is COc1cccc(CN(Cc2cccc(OC)c2)c2ccc(COCCN3CCOCC3)cc2)c1. The molecular weight excluding hydrogens is 440 g/mol. The van der Waals surface area contributed by atoms with E-state index in [0.29, 0.717) is 6.61 Å². The van der Waals surface area contributed by atoms with Crippen molar-refractivity contribution in [1.82, 2.24) is 4.90 Å². The monoisotopic (exact) mass is 476 g/mol. The van der Waals surface area contributed by atoms with Gasteiger partial charge in [-0.25, -0.2) is 0 Å². The fraction of sp³-hybridized carbons (Fsp3) is 0.379. The molecule has 6 heteroatoms. The van der Waals surface area contributed by atoms with E-state index in [0.717, 1.165) is 69.7 Å². The number of morpholine rings is 1. The van der Waals surface area contributed by atoms with Crippen molar-refractivity contribution >= 4 is 5.69 Å². The summed E-state index contributed by atoms with van der Waals surface area (Å²) in [5.41, 5.74) is 4.73. The summed E-state index contributed by atoms with van der Waals surface area (Å²) in [4.78, 5) is 4.76. The molecule has 35 heavy (non-hydrogen) atoms. The Bertz CT molecular complexity index is 985. The second kappa shape index (κ2) is 13.1. The fourth-order valence-corrected chi connectivity index (χ4v) is 4.23. The molecule has 0 spiro atoms. The first kappa shape index (κ1) is 25.0. The van der Waals surface area contributed by atoms with Gasteiger partial charge in [-0.3, -0.25) is 4.90 Å². The summed E-state index contributed by atoms with van der Waals surface area (Å²) in [5, 5.41) is 0. The van der Waals surface area contributed by atoms with Gasteiger partial charge in [-0.1, -0.05) is 36.4 Å². The first-order valence-electron chi connectivity index (χ1n) is 12.2. The quantitative estimate of drug-likeness (QED) is 0.351. The lowest BCUT2D eigenvalue weighted by atomic mass is 10.1. The van der Waals surface area contributed by atoms with Crippen molar-refractivity contribution in [3.63, 3.8) is 0 Å². The Morgan fingerprint density at radius 1 is 0.771 bits per heavy atom. The van der Waals surface area contributed by atoms with Crippen LogP contribution >= 0.6 is 0 Å². The predicted octanol–water partition coefficient (Wildman–Crippen LogP) is 4.76. The van der Waals surface area contributed by atoms with Crippen LogP contribution in [0.3, 0.4) is 0 Å². The highest BCUT2D eigenvalue weighted by molar-refractivity contribution is 5.49. The van der Waals surface area contributed by atoms with Crippen LogP contribution in [0.4, 0.5) is 5.69 Å². The highest BCUT2D eigenvalue weighted by Crippen LogP contribution is 2.24. The molecule has 4 rings (SSSR count). The molecule has 0 aliphatic carbocycles. The van der Waals surface area contributed by atoms with Crippen LogP contribution in [0, 0.1) is 0 Å². The Kier molecular flexibility index (Phi) is 9.40. The van der Waals surface area contributed by atoms with Gasteiger partial charge in [-0.2, -0.15) is 0 Å². The van der Waals surface area contributed by atoms with Crippen molar-refractivity contribution in [2.45, 2.75) is 19.7 Å². The van der Waals surface area contributed by atoms with E-state index in [1.807, 2.05) is 24.3 Å². The molecule has 1 heterocycles. The molecule has 0 amide bonds. The van der Waals surface area contributed by atoms with Crippen LogP contribution in [0.15, 0.2) is 72.8 Å². The Labute approximate surface area is 209 Å². The molecular formula is C29H36N2O4. The summed E-state index contributed by atoms with van der Waals surface area (Å²) in [6.07, 6.45) is 0. The van der Waals surface area contributed by atoms with Gasteiger partial charge in [-0.05, 0) is 53.1 Å². The summed E-state index contributed by atoms with van der Waals surface area (Å²) >= 11 is 0. The minimum Gasteiger partial charge on any atom is -0.497 e. The molecule has 0 atom stereocenters. The van der Waals surface area contributed by atoms with Crippen molar-refractivity contribution in [3.05, 3.63) is 89.5 Å². The van der Waals surface area contributed by atoms with Crippen molar-refractivity contribution in [3.8, 4) is 11.5 Å². The normalized spacial score (nSPS) is 14.0. The maximum Gasteiger partial charge on any atom is 0.119 e. The maximum absolute atomic E-state index is 5.94. The summed E-state index contributed by atoms with van der Waals surface area (Å²) in [5.74, 6) is 1.74. The summed E-state index contributed by atoms with van der Waals surface area (Å²) < 4.78 is 22.2. The number of nitrogens with zero attached hydrogens (tertiary/aromatic N) is 2. The molecule has 3 aromatic carbocycles. The highest BCUT2D eigenvalue weighted by Gasteiger charge is 2.12. The zero-order valence-corrected chi connectivity index (χ0v) is 20.8. The molecule has 1 aliphatic rings. The summed E-state index contributed by atoms with van der Waals surface area (Å²) in [6, 6.07) is 25.2. The minimum absolute atomic E-state index is 0.621. The van der Waals surface area contributed by atoms with Gasteiger partial charge in [0.2, 0.25) is 0 Å². The molecule has 0 N–H and O–H groups in total. The minimum atomic E-state index is 0.621. The molecule has 1 saturated heterocycles. The van der Waals surface area contributed by atoms with Gasteiger partial charge < -0.3 is 23.8 Å². The molecule has 0 radical (unpaired) electrons. The van der Waals surface area contributed by atoms with Crippen LogP contribution < -0.4 is 14.4 Å². The summed E-state index contributed by atoms with van der Waals surface area (Å²) in [7, 11) is 3.41. The number of hydrogen-bond acceptors (Lipinski definition) is 6. The zero-order valence-electron chi connectivity index (χ0n) is 20.8. The van der Waals surface area contributed by atoms with E-state index in [9.17, 15) is 0 Å². The first-order chi connectivity index (χ1) is 17.2. The van der Waals surface area contributed by atoms with Crippen LogP contribution in [-0.2, 0) is 29.2 Å². The van der Waals surface area contributed by atoms with Crippen LogP contribution in [0.5, 0.6) is 11.5 Å². The highest BCUT2D eigenvalue weighted by atomic mass is 16.5. The van der Waals surface area contributed by atoms with Crippen molar-refractivity contribution in [2.75, 3.05) is 58.6 Å². The molecule has 186 valence electrons. The first-order valence-corrected chi connectivity index (χ1v) is 12.2. The number of methoxy groups -OCH3 is 2. The van der Waals surface area contributed by atoms with E-state index in [4.69, 9.17) is 18.9 Å². The van der Waals surface area contributed by atoms with E-state index in [-0.39, 0.29) is 0 Å².